The van der Waals surface area contributed by atoms with Crippen LogP contribution in [0.2, 0.25) is 0 Å². The van der Waals surface area contributed by atoms with E-state index in [-0.39, 0.29) is 10.5 Å². The Hall–Kier alpha value is -2.49. The number of anilines is 1. The maximum atomic E-state index is 12.6. The zero-order chi connectivity index (χ0) is 20.9. The Balaban J connectivity index is 1.76. The van der Waals surface area contributed by atoms with Gasteiger partial charge in [-0.2, -0.15) is 0 Å². The second-order valence-electron chi connectivity index (χ2n) is 6.31. The Morgan fingerprint density at radius 3 is 2.76 bits per heavy atom. The van der Waals surface area contributed by atoms with Crippen LogP contribution < -0.4 is 14.8 Å². The first-order valence-corrected chi connectivity index (χ1v) is 11.7. The van der Waals surface area contributed by atoms with Crippen LogP contribution in [0.3, 0.4) is 0 Å². The monoisotopic (exact) mass is 433 g/mol. The Bertz CT molecular complexity index is 1110. The summed E-state index contributed by atoms with van der Waals surface area (Å²) in [5.41, 5.74) is 1.00. The maximum Gasteiger partial charge on any atom is 0.257 e. The fraction of sp³-hybridized carbons (Fsp3) is 0.300. The van der Waals surface area contributed by atoms with E-state index in [4.69, 9.17) is 4.74 Å². The van der Waals surface area contributed by atoms with Crippen molar-refractivity contribution in [2.45, 2.75) is 31.6 Å². The van der Waals surface area contributed by atoms with E-state index >= 15 is 0 Å². The summed E-state index contributed by atoms with van der Waals surface area (Å²) < 4.78 is 33.7. The average molecular weight is 434 g/mol. The number of aromatic nitrogens is 1. The molecule has 7 nitrogen and oxygen atoms in total. The minimum absolute atomic E-state index is 0.0620. The molecule has 0 fully saturated rings. The van der Waals surface area contributed by atoms with Gasteiger partial charge in [-0.1, -0.05) is 30.7 Å². The predicted molar refractivity (Wildman–Crippen MR) is 115 cm³/mol. The largest absolute Gasteiger partial charge is 0.494 e. The summed E-state index contributed by atoms with van der Waals surface area (Å²) in [6, 6.07) is 11.5. The van der Waals surface area contributed by atoms with Crippen molar-refractivity contribution < 1.29 is 17.9 Å². The molecule has 0 saturated carbocycles. The Morgan fingerprint density at radius 1 is 1.17 bits per heavy atom. The number of rotatable bonds is 9. The third-order valence-corrected chi connectivity index (χ3v) is 6.51. The van der Waals surface area contributed by atoms with E-state index in [0.717, 1.165) is 28.8 Å². The fourth-order valence-electron chi connectivity index (χ4n) is 2.66. The van der Waals surface area contributed by atoms with Crippen LogP contribution in [-0.2, 0) is 10.0 Å². The van der Waals surface area contributed by atoms with Gasteiger partial charge in [0.15, 0.2) is 5.13 Å². The third kappa shape index (κ3) is 5.31. The van der Waals surface area contributed by atoms with Crippen LogP contribution in [0.25, 0.3) is 10.2 Å². The first-order chi connectivity index (χ1) is 13.9. The number of nitrogens with zero attached hydrogens (tertiary/aromatic N) is 1. The molecule has 1 amide bonds. The molecule has 0 spiro atoms. The molecule has 0 atom stereocenters. The number of nitrogens with one attached hydrogen (secondary N) is 2. The topological polar surface area (TPSA) is 97.4 Å². The molecule has 0 saturated heterocycles. The van der Waals surface area contributed by atoms with Gasteiger partial charge in [-0.3, -0.25) is 10.1 Å². The number of carbonyl (C=O) groups is 1. The van der Waals surface area contributed by atoms with Gasteiger partial charge >= 0.3 is 0 Å². The number of hydrogen-bond donors (Lipinski definition) is 2. The van der Waals surface area contributed by atoms with Gasteiger partial charge in [0.25, 0.3) is 5.91 Å². The van der Waals surface area contributed by atoms with Crippen molar-refractivity contribution in [1.29, 1.82) is 0 Å². The van der Waals surface area contributed by atoms with Gasteiger partial charge in [0.2, 0.25) is 10.0 Å². The summed E-state index contributed by atoms with van der Waals surface area (Å²) in [7, 11) is -3.65. The SMILES string of the molecule is CCCCNS(=O)(=O)c1cccc(C(=O)Nc2nc3ccc(OCC)cc3s2)c1. The number of benzene rings is 2. The van der Waals surface area contributed by atoms with E-state index < -0.39 is 15.9 Å². The van der Waals surface area contributed by atoms with E-state index in [9.17, 15) is 13.2 Å². The molecule has 0 radical (unpaired) electrons. The van der Waals surface area contributed by atoms with E-state index in [1.807, 2.05) is 32.0 Å². The number of sulfonamides is 1. The summed E-state index contributed by atoms with van der Waals surface area (Å²) in [5, 5.41) is 3.18. The third-order valence-electron chi connectivity index (χ3n) is 4.12. The van der Waals surface area contributed by atoms with Gasteiger partial charge in [-0.15, -0.1) is 0 Å². The average Bonchev–Trinajstić information content (AvgIpc) is 3.10. The molecule has 154 valence electrons. The highest BCUT2D eigenvalue weighted by Crippen LogP contribution is 2.29. The second-order valence-corrected chi connectivity index (χ2v) is 9.11. The zero-order valence-electron chi connectivity index (χ0n) is 16.3. The van der Waals surface area contributed by atoms with Crippen molar-refractivity contribution in [2.75, 3.05) is 18.5 Å². The standard InChI is InChI=1S/C20H23N3O4S2/c1-3-5-11-21-29(25,26)16-8-6-7-14(12-16)19(24)23-20-22-17-10-9-15(27-4-2)13-18(17)28-20/h6-10,12-13,21H,3-5,11H2,1-2H3,(H,22,23,24). The lowest BCUT2D eigenvalue weighted by Gasteiger charge is -2.08. The van der Waals surface area contributed by atoms with E-state index in [0.29, 0.717) is 18.3 Å². The molecule has 0 bridgehead atoms. The quantitative estimate of drug-likeness (QED) is 0.497. The predicted octanol–water partition coefficient (Wildman–Crippen LogP) is 4.03. The molecule has 2 N–H and O–H groups in total. The van der Waals surface area contributed by atoms with Crippen LogP contribution in [0, 0.1) is 0 Å². The highest BCUT2D eigenvalue weighted by Gasteiger charge is 2.17. The summed E-state index contributed by atoms with van der Waals surface area (Å²) in [6.07, 6.45) is 1.64. The highest BCUT2D eigenvalue weighted by atomic mass is 32.2. The molecule has 29 heavy (non-hydrogen) atoms. The van der Waals surface area contributed by atoms with Gasteiger partial charge in [0, 0.05) is 12.1 Å². The van der Waals surface area contributed by atoms with Gasteiger partial charge < -0.3 is 4.74 Å². The minimum atomic E-state index is -3.65. The van der Waals surface area contributed by atoms with E-state index in [2.05, 4.69) is 15.0 Å². The van der Waals surface area contributed by atoms with Crippen LogP contribution in [0.4, 0.5) is 5.13 Å². The first-order valence-electron chi connectivity index (χ1n) is 9.37. The Labute approximate surface area is 174 Å². The van der Waals surface area contributed by atoms with Crippen LogP contribution in [0.5, 0.6) is 5.75 Å². The van der Waals surface area contributed by atoms with Crippen LogP contribution >= 0.6 is 11.3 Å². The molecule has 1 aromatic heterocycles. The molecule has 1 heterocycles. The first kappa shape index (κ1) is 21.2. The van der Waals surface area contributed by atoms with Crippen molar-refractivity contribution in [1.82, 2.24) is 9.71 Å². The lowest BCUT2D eigenvalue weighted by molar-refractivity contribution is 0.102. The van der Waals surface area contributed by atoms with Gasteiger partial charge in [0.1, 0.15) is 5.75 Å². The van der Waals surface area contributed by atoms with Crippen LogP contribution in [0.15, 0.2) is 47.4 Å². The fourth-order valence-corrected chi connectivity index (χ4v) is 4.66. The molecule has 2 aromatic carbocycles. The molecular weight excluding hydrogens is 410 g/mol. The summed E-state index contributed by atoms with van der Waals surface area (Å²) in [5.74, 6) is 0.328. The number of amides is 1. The van der Waals surface area contributed by atoms with E-state index in [1.165, 1.54) is 23.5 Å². The normalized spacial score (nSPS) is 11.5. The number of unbranched alkanes of at least 4 members (excludes halogenated alkanes) is 1. The highest BCUT2D eigenvalue weighted by molar-refractivity contribution is 7.89. The lowest BCUT2D eigenvalue weighted by atomic mass is 10.2. The lowest BCUT2D eigenvalue weighted by Crippen LogP contribution is -2.25. The van der Waals surface area contributed by atoms with Crippen molar-refractivity contribution in [3.05, 3.63) is 48.0 Å². The second kappa shape index (κ2) is 9.34. The molecule has 0 aliphatic carbocycles. The molecular formula is C20H23N3O4S2. The summed E-state index contributed by atoms with van der Waals surface area (Å²) in [6.45, 7) is 4.83. The molecule has 3 rings (SSSR count). The number of hydrogen-bond acceptors (Lipinski definition) is 6. The molecule has 3 aromatic rings. The van der Waals surface area contributed by atoms with Crippen molar-refractivity contribution >= 4 is 42.6 Å². The van der Waals surface area contributed by atoms with Gasteiger partial charge in [-0.25, -0.2) is 18.1 Å². The van der Waals surface area contributed by atoms with Crippen molar-refractivity contribution in [2.24, 2.45) is 0 Å². The molecule has 0 aliphatic heterocycles. The van der Waals surface area contributed by atoms with Gasteiger partial charge in [-0.05, 0) is 49.7 Å². The number of thiazole rings is 1. The number of ether oxygens (including phenoxy) is 1. The Morgan fingerprint density at radius 2 is 2.00 bits per heavy atom. The summed E-state index contributed by atoms with van der Waals surface area (Å²) >= 11 is 1.33. The Kier molecular flexibility index (Phi) is 6.83. The summed E-state index contributed by atoms with van der Waals surface area (Å²) in [4.78, 5) is 17.1. The van der Waals surface area contributed by atoms with Crippen molar-refractivity contribution in [3.8, 4) is 5.75 Å². The molecule has 9 heteroatoms. The zero-order valence-corrected chi connectivity index (χ0v) is 17.9. The minimum Gasteiger partial charge on any atom is -0.494 e. The number of fused-ring (bicyclic) bond motifs is 1. The van der Waals surface area contributed by atoms with Crippen LogP contribution in [0.1, 0.15) is 37.0 Å². The van der Waals surface area contributed by atoms with E-state index in [1.54, 1.807) is 12.1 Å². The number of carbonyl (C=O) groups excluding carboxylic acids is 1. The van der Waals surface area contributed by atoms with Gasteiger partial charge in [0.05, 0.1) is 21.7 Å². The van der Waals surface area contributed by atoms with Crippen LogP contribution in [-0.4, -0.2) is 32.5 Å². The maximum absolute atomic E-state index is 12.6. The smallest absolute Gasteiger partial charge is 0.257 e. The molecule has 0 aliphatic rings. The van der Waals surface area contributed by atoms with Crippen molar-refractivity contribution in [3.63, 3.8) is 0 Å². The molecule has 0 unspecified atom stereocenters.